The molecule has 1 heterocycles. The number of nitrogens with one attached hydrogen (secondary N) is 2. The summed E-state index contributed by atoms with van der Waals surface area (Å²) >= 11 is 3.43. The highest BCUT2D eigenvalue weighted by Crippen LogP contribution is 2.25. The third-order valence-corrected chi connectivity index (χ3v) is 3.54. The number of rotatable bonds is 5. The predicted octanol–water partition coefficient (Wildman–Crippen LogP) is 3.66. The zero-order valence-electron chi connectivity index (χ0n) is 10.6. The summed E-state index contributed by atoms with van der Waals surface area (Å²) in [5, 5.41) is 18.0. The first-order chi connectivity index (χ1) is 8.70. The summed E-state index contributed by atoms with van der Waals surface area (Å²) in [4.78, 5) is 0. The molecule has 1 aromatic carbocycles. The van der Waals surface area contributed by atoms with Gasteiger partial charge in [-0.05, 0) is 49.6 Å². The summed E-state index contributed by atoms with van der Waals surface area (Å²) in [6.07, 6.45) is 3.02. The Balaban J connectivity index is 0.00000180. The van der Waals surface area contributed by atoms with Crippen molar-refractivity contribution in [2.75, 3.05) is 0 Å². The molecule has 0 saturated heterocycles. The molecular formula is C13H16BrClN4. The maximum absolute atomic E-state index is 7.33. The molecule has 0 aliphatic carbocycles. The van der Waals surface area contributed by atoms with Gasteiger partial charge in [-0.25, -0.2) is 0 Å². The van der Waals surface area contributed by atoms with E-state index in [0.717, 1.165) is 28.7 Å². The monoisotopic (exact) mass is 342 g/mol. The fraction of sp³-hybridized carbons (Fsp3) is 0.308. The number of aromatic amines is 1. The average Bonchev–Trinajstić information content (AvgIpc) is 2.76. The maximum Gasteiger partial charge on any atom is 0.0825 e. The first kappa shape index (κ1) is 15.9. The zero-order chi connectivity index (χ0) is 13.0. The average molecular weight is 344 g/mol. The Bertz CT molecular complexity index is 524. The molecule has 1 unspecified atom stereocenters. The molecule has 0 fully saturated rings. The second kappa shape index (κ2) is 7.40. The van der Waals surface area contributed by atoms with Gasteiger partial charge in [0.05, 0.1) is 11.4 Å². The highest BCUT2D eigenvalue weighted by atomic mass is 79.9. The molecule has 0 saturated carbocycles. The van der Waals surface area contributed by atoms with Crippen molar-refractivity contribution in [2.45, 2.75) is 25.7 Å². The van der Waals surface area contributed by atoms with E-state index in [0.29, 0.717) is 0 Å². The summed E-state index contributed by atoms with van der Waals surface area (Å²) in [5.74, 6) is 0.288. The molecule has 1 aromatic heterocycles. The Kier molecular flexibility index (Phi) is 6.18. The minimum atomic E-state index is 0. The van der Waals surface area contributed by atoms with Gasteiger partial charge in [-0.1, -0.05) is 33.3 Å². The fourth-order valence-corrected chi connectivity index (χ4v) is 2.22. The molecule has 2 aromatic rings. The lowest BCUT2D eigenvalue weighted by molar-refractivity contribution is 0.697. The Labute approximate surface area is 127 Å². The molecular weight excluding hydrogens is 328 g/mol. The van der Waals surface area contributed by atoms with E-state index in [1.807, 2.05) is 19.1 Å². The Morgan fingerprint density at radius 2 is 2.05 bits per heavy atom. The number of halogens is 2. The molecule has 0 bridgehead atoms. The largest absolute Gasteiger partial charge is 0.313 e. The lowest BCUT2D eigenvalue weighted by Crippen LogP contribution is -2.05. The van der Waals surface area contributed by atoms with Crippen molar-refractivity contribution < 1.29 is 0 Å². The van der Waals surface area contributed by atoms with Crippen LogP contribution in [-0.2, 0) is 6.42 Å². The van der Waals surface area contributed by atoms with E-state index in [1.165, 1.54) is 11.8 Å². The molecule has 0 spiro atoms. The van der Waals surface area contributed by atoms with Crippen LogP contribution in [0.2, 0.25) is 0 Å². The molecule has 1 atom stereocenters. The van der Waals surface area contributed by atoms with Crippen LogP contribution in [0.4, 0.5) is 0 Å². The molecule has 2 rings (SSSR count). The Hall–Kier alpha value is -1.20. The van der Waals surface area contributed by atoms with E-state index in [2.05, 4.69) is 43.5 Å². The van der Waals surface area contributed by atoms with Crippen LogP contribution in [0.1, 0.15) is 29.3 Å². The van der Waals surface area contributed by atoms with Crippen LogP contribution in [0.25, 0.3) is 0 Å². The third-order valence-electron chi connectivity index (χ3n) is 3.02. The van der Waals surface area contributed by atoms with E-state index < -0.39 is 0 Å². The first-order valence-electron chi connectivity index (χ1n) is 5.81. The van der Waals surface area contributed by atoms with Crippen molar-refractivity contribution in [1.29, 1.82) is 5.41 Å². The van der Waals surface area contributed by atoms with Crippen molar-refractivity contribution in [3.63, 3.8) is 0 Å². The number of aromatic nitrogens is 3. The lowest BCUT2D eigenvalue weighted by Gasteiger charge is -2.14. The molecule has 19 heavy (non-hydrogen) atoms. The Morgan fingerprint density at radius 1 is 1.37 bits per heavy atom. The van der Waals surface area contributed by atoms with Gasteiger partial charge in [-0.3, -0.25) is 5.10 Å². The van der Waals surface area contributed by atoms with Gasteiger partial charge in [0.15, 0.2) is 0 Å². The second-order valence-electron chi connectivity index (χ2n) is 4.27. The molecule has 0 amide bonds. The van der Waals surface area contributed by atoms with E-state index in [4.69, 9.17) is 5.41 Å². The van der Waals surface area contributed by atoms with Crippen molar-refractivity contribution >= 4 is 34.6 Å². The summed E-state index contributed by atoms with van der Waals surface area (Å²) in [6.45, 7) is 1.95. The van der Waals surface area contributed by atoms with Crippen LogP contribution in [-0.4, -0.2) is 21.6 Å². The molecule has 4 nitrogen and oxygen atoms in total. The normalized spacial score (nSPS) is 11.7. The predicted molar refractivity (Wildman–Crippen MR) is 82.4 cm³/mol. The highest BCUT2D eigenvalue weighted by molar-refractivity contribution is 9.10. The van der Waals surface area contributed by atoms with Gasteiger partial charge in [0.25, 0.3) is 0 Å². The van der Waals surface area contributed by atoms with Gasteiger partial charge < -0.3 is 5.41 Å². The Morgan fingerprint density at radius 3 is 2.58 bits per heavy atom. The highest BCUT2D eigenvalue weighted by Gasteiger charge is 2.14. The quantitative estimate of drug-likeness (QED) is 0.814. The van der Waals surface area contributed by atoms with Crippen LogP contribution >= 0.6 is 28.3 Å². The third kappa shape index (κ3) is 4.14. The fourth-order valence-electron chi connectivity index (χ4n) is 1.96. The number of benzene rings is 1. The van der Waals surface area contributed by atoms with Crippen molar-refractivity contribution in [3.8, 4) is 0 Å². The van der Waals surface area contributed by atoms with Crippen LogP contribution < -0.4 is 0 Å². The van der Waals surface area contributed by atoms with E-state index in [-0.39, 0.29) is 18.3 Å². The summed E-state index contributed by atoms with van der Waals surface area (Å²) < 4.78 is 1.07. The number of H-pyrrole nitrogens is 1. The van der Waals surface area contributed by atoms with Gasteiger partial charge in [-0.15, -0.1) is 17.5 Å². The SMILES string of the molecule is Cc1nn[nH]c1CC(CC=N)c1ccc(Br)cc1.Cl. The number of nitrogens with zero attached hydrogens (tertiary/aromatic N) is 2. The number of hydrogen-bond acceptors (Lipinski definition) is 3. The number of aryl methyl sites for hydroxylation is 1. The van der Waals surface area contributed by atoms with Gasteiger partial charge in [0, 0.05) is 4.47 Å². The molecule has 0 aliphatic heterocycles. The second-order valence-corrected chi connectivity index (χ2v) is 5.18. The molecule has 6 heteroatoms. The minimum Gasteiger partial charge on any atom is -0.313 e. The summed E-state index contributed by atoms with van der Waals surface area (Å²) in [6, 6.07) is 8.25. The van der Waals surface area contributed by atoms with Crippen LogP contribution in [0.3, 0.4) is 0 Å². The van der Waals surface area contributed by atoms with Gasteiger partial charge in [-0.2, -0.15) is 0 Å². The van der Waals surface area contributed by atoms with Gasteiger partial charge >= 0.3 is 0 Å². The minimum absolute atomic E-state index is 0. The molecule has 0 aliphatic rings. The molecule has 0 radical (unpaired) electrons. The molecule has 102 valence electrons. The van der Waals surface area contributed by atoms with Crippen LogP contribution in [0, 0.1) is 12.3 Å². The summed E-state index contributed by atoms with van der Waals surface area (Å²) in [5.41, 5.74) is 3.21. The van der Waals surface area contributed by atoms with Crippen molar-refractivity contribution in [2.24, 2.45) is 0 Å². The summed E-state index contributed by atoms with van der Waals surface area (Å²) in [7, 11) is 0. The van der Waals surface area contributed by atoms with Crippen LogP contribution in [0.15, 0.2) is 28.7 Å². The van der Waals surface area contributed by atoms with Gasteiger partial charge in [0.1, 0.15) is 0 Å². The van der Waals surface area contributed by atoms with E-state index in [9.17, 15) is 0 Å². The van der Waals surface area contributed by atoms with Crippen LogP contribution in [0.5, 0.6) is 0 Å². The first-order valence-corrected chi connectivity index (χ1v) is 6.61. The molecule has 2 N–H and O–H groups in total. The van der Waals surface area contributed by atoms with E-state index >= 15 is 0 Å². The van der Waals surface area contributed by atoms with Crippen molar-refractivity contribution in [1.82, 2.24) is 15.4 Å². The van der Waals surface area contributed by atoms with Gasteiger partial charge in [0.2, 0.25) is 0 Å². The standard InChI is InChI=1S/C13H15BrN4.ClH/c1-9-13(17-18-16-9)8-11(6-7-15)10-2-4-12(14)5-3-10;/h2-5,7,11,15H,6,8H2,1H3,(H,16,17,18);1H. The lowest BCUT2D eigenvalue weighted by atomic mass is 9.91. The van der Waals surface area contributed by atoms with E-state index in [1.54, 1.807) is 0 Å². The topological polar surface area (TPSA) is 65.4 Å². The van der Waals surface area contributed by atoms with Crippen molar-refractivity contribution in [3.05, 3.63) is 45.7 Å². The maximum atomic E-state index is 7.33. The zero-order valence-corrected chi connectivity index (χ0v) is 13.0. The smallest absolute Gasteiger partial charge is 0.0825 e. The number of hydrogen-bond donors (Lipinski definition) is 2.